The molecule has 6 aromatic rings. The fourth-order valence-electron chi connectivity index (χ4n) is 8.11. The normalized spacial score (nSPS) is 16.5. The van der Waals surface area contributed by atoms with E-state index in [9.17, 15) is 0 Å². The lowest BCUT2D eigenvalue weighted by molar-refractivity contribution is 0.495. The molecule has 1 nitrogen and oxygen atoms in total. The smallest absolute Gasteiger partial charge is 0.0541 e. The molecule has 0 heterocycles. The molecule has 3 aliphatic rings. The Labute approximate surface area is 258 Å². The minimum atomic E-state index is -0.212. The Hall–Kier alpha value is -5.40. The van der Waals surface area contributed by atoms with Crippen molar-refractivity contribution in [2.75, 3.05) is 5.32 Å². The first-order valence-corrected chi connectivity index (χ1v) is 15.6. The van der Waals surface area contributed by atoms with Crippen molar-refractivity contribution >= 4 is 16.9 Å². The first-order valence-electron chi connectivity index (χ1n) is 15.6. The maximum Gasteiger partial charge on any atom is 0.0541 e. The Balaban J connectivity index is 1.22. The lowest BCUT2D eigenvalue weighted by atomic mass is 9.65. The second-order valence-corrected chi connectivity index (χ2v) is 12.1. The number of rotatable bonds is 4. The fourth-order valence-corrected chi connectivity index (χ4v) is 8.11. The van der Waals surface area contributed by atoms with Crippen molar-refractivity contribution in [3.63, 3.8) is 0 Å². The molecule has 0 fully saturated rings. The molecule has 1 spiro atoms. The van der Waals surface area contributed by atoms with Gasteiger partial charge in [0.15, 0.2) is 0 Å². The molecule has 1 unspecified atom stereocenters. The van der Waals surface area contributed by atoms with Crippen LogP contribution in [-0.4, -0.2) is 0 Å². The van der Waals surface area contributed by atoms with Gasteiger partial charge in [-0.15, -0.1) is 0 Å². The number of allylic oxidation sites excluding steroid dienone is 4. The first-order chi connectivity index (χ1) is 21.8. The van der Waals surface area contributed by atoms with Crippen LogP contribution in [0, 0.1) is 5.92 Å². The number of anilines is 2. The van der Waals surface area contributed by atoms with Gasteiger partial charge in [0.1, 0.15) is 0 Å². The standard InChI is InChI=1S/C43H31N/c1-3-13-29(14-4-1)31-23-26-42(37(27-31)30-15-5-2-6-16-30)44-32-24-25-36-35-19-9-12-22-40(35)43(41(36)28-32)38-20-10-7-17-33(38)34-18-8-11-21-39(34)43/h1-21,23-28,40,44H,22H2. The maximum absolute atomic E-state index is 3.88. The van der Waals surface area contributed by atoms with Gasteiger partial charge in [-0.25, -0.2) is 0 Å². The van der Waals surface area contributed by atoms with Gasteiger partial charge in [-0.2, -0.15) is 0 Å². The summed E-state index contributed by atoms with van der Waals surface area (Å²) in [5.41, 5.74) is 16.7. The van der Waals surface area contributed by atoms with Crippen LogP contribution >= 0.6 is 0 Å². The average Bonchev–Trinajstić information content (AvgIpc) is 3.56. The Bertz CT molecular complexity index is 2070. The molecule has 0 saturated heterocycles. The van der Waals surface area contributed by atoms with Crippen LogP contribution in [0.25, 0.3) is 39.0 Å². The topological polar surface area (TPSA) is 12.0 Å². The zero-order valence-electron chi connectivity index (χ0n) is 24.4. The van der Waals surface area contributed by atoms with Crippen LogP contribution < -0.4 is 5.32 Å². The zero-order chi connectivity index (χ0) is 29.1. The van der Waals surface area contributed by atoms with Crippen molar-refractivity contribution in [2.24, 2.45) is 5.92 Å². The highest BCUT2D eigenvalue weighted by Crippen LogP contribution is 2.65. The van der Waals surface area contributed by atoms with Crippen molar-refractivity contribution in [2.45, 2.75) is 11.8 Å². The molecule has 0 aromatic heterocycles. The monoisotopic (exact) mass is 561 g/mol. The molecule has 1 atom stereocenters. The van der Waals surface area contributed by atoms with E-state index in [1.165, 1.54) is 61.2 Å². The minimum absolute atomic E-state index is 0.212. The molecular weight excluding hydrogens is 530 g/mol. The average molecular weight is 562 g/mol. The van der Waals surface area contributed by atoms with Crippen LogP contribution in [0.15, 0.2) is 164 Å². The van der Waals surface area contributed by atoms with Gasteiger partial charge in [0.2, 0.25) is 0 Å². The summed E-state index contributed by atoms with van der Waals surface area (Å²) < 4.78 is 0. The van der Waals surface area contributed by atoms with E-state index < -0.39 is 0 Å². The Morgan fingerprint density at radius 2 is 1.16 bits per heavy atom. The lowest BCUT2D eigenvalue weighted by Gasteiger charge is -2.36. The van der Waals surface area contributed by atoms with Crippen LogP contribution in [0.2, 0.25) is 0 Å². The lowest BCUT2D eigenvalue weighted by Crippen LogP contribution is -2.32. The van der Waals surface area contributed by atoms with Crippen LogP contribution in [0.1, 0.15) is 28.7 Å². The molecule has 9 rings (SSSR count). The van der Waals surface area contributed by atoms with E-state index in [2.05, 4.69) is 169 Å². The van der Waals surface area contributed by atoms with E-state index in [1.54, 1.807) is 0 Å². The predicted molar refractivity (Wildman–Crippen MR) is 184 cm³/mol. The molecule has 44 heavy (non-hydrogen) atoms. The number of hydrogen-bond acceptors (Lipinski definition) is 1. The Kier molecular flexibility index (Phi) is 5.61. The third-order valence-corrected chi connectivity index (χ3v) is 9.92. The van der Waals surface area contributed by atoms with Gasteiger partial charge in [-0.1, -0.05) is 140 Å². The second-order valence-electron chi connectivity index (χ2n) is 12.1. The molecule has 0 amide bonds. The summed E-state index contributed by atoms with van der Waals surface area (Å²) in [7, 11) is 0. The molecule has 1 N–H and O–H groups in total. The summed E-state index contributed by atoms with van der Waals surface area (Å²) in [5, 5.41) is 3.88. The summed E-state index contributed by atoms with van der Waals surface area (Å²) >= 11 is 0. The van der Waals surface area contributed by atoms with Crippen LogP contribution in [-0.2, 0) is 5.41 Å². The van der Waals surface area contributed by atoms with E-state index in [0.717, 1.165) is 17.8 Å². The van der Waals surface area contributed by atoms with Crippen LogP contribution in [0.3, 0.4) is 0 Å². The third-order valence-electron chi connectivity index (χ3n) is 9.92. The number of benzene rings is 6. The summed E-state index contributed by atoms with van der Waals surface area (Å²) in [6, 6.07) is 53.4. The maximum atomic E-state index is 3.88. The van der Waals surface area contributed by atoms with Gasteiger partial charge in [0.05, 0.1) is 5.41 Å². The van der Waals surface area contributed by atoms with Gasteiger partial charge < -0.3 is 5.32 Å². The summed E-state index contributed by atoms with van der Waals surface area (Å²) in [6.45, 7) is 0. The molecule has 208 valence electrons. The van der Waals surface area contributed by atoms with E-state index in [-0.39, 0.29) is 5.41 Å². The quantitative estimate of drug-likeness (QED) is 0.226. The van der Waals surface area contributed by atoms with Crippen molar-refractivity contribution < 1.29 is 0 Å². The van der Waals surface area contributed by atoms with Crippen molar-refractivity contribution in [3.05, 3.63) is 186 Å². The largest absolute Gasteiger partial charge is 0.355 e. The molecule has 3 aliphatic carbocycles. The van der Waals surface area contributed by atoms with Gasteiger partial charge in [-0.3, -0.25) is 0 Å². The zero-order valence-corrected chi connectivity index (χ0v) is 24.4. The van der Waals surface area contributed by atoms with Gasteiger partial charge in [0.25, 0.3) is 0 Å². The first kappa shape index (κ1) is 25.1. The molecule has 0 aliphatic heterocycles. The Morgan fingerprint density at radius 3 is 1.89 bits per heavy atom. The third kappa shape index (κ3) is 3.59. The Morgan fingerprint density at radius 1 is 0.500 bits per heavy atom. The number of hydrogen-bond donors (Lipinski definition) is 1. The fraction of sp³-hybridized carbons (Fsp3) is 0.0698. The molecule has 1 heteroatoms. The predicted octanol–water partition coefficient (Wildman–Crippen LogP) is 11.1. The second kappa shape index (κ2) is 9.82. The van der Waals surface area contributed by atoms with Crippen LogP contribution in [0.4, 0.5) is 11.4 Å². The minimum Gasteiger partial charge on any atom is -0.355 e. The van der Waals surface area contributed by atoms with Crippen LogP contribution in [0.5, 0.6) is 0 Å². The summed E-state index contributed by atoms with van der Waals surface area (Å²) in [6.07, 6.45) is 7.98. The molecule has 0 radical (unpaired) electrons. The molecule has 0 bridgehead atoms. The summed E-state index contributed by atoms with van der Waals surface area (Å²) in [4.78, 5) is 0. The molecular formula is C43H31N. The van der Waals surface area contributed by atoms with E-state index in [4.69, 9.17) is 0 Å². The summed E-state index contributed by atoms with van der Waals surface area (Å²) in [5.74, 6) is 0.368. The van der Waals surface area contributed by atoms with Gasteiger partial charge >= 0.3 is 0 Å². The van der Waals surface area contributed by atoms with Gasteiger partial charge in [0, 0.05) is 22.9 Å². The van der Waals surface area contributed by atoms with E-state index >= 15 is 0 Å². The highest BCUT2D eigenvalue weighted by Gasteiger charge is 2.56. The highest BCUT2D eigenvalue weighted by atomic mass is 14.9. The van der Waals surface area contributed by atoms with Crippen molar-refractivity contribution in [3.8, 4) is 33.4 Å². The van der Waals surface area contributed by atoms with Crippen molar-refractivity contribution in [1.82, 2.24) is 0 Å². The van der Waals surface area contributed by atoms with Crippen molar-refractivity contribution in [1.29, 1.82) is 0 Å². The molecule has 6 aromatic carbocycles. The van der Waals surface area contributed by atoms with E-state index in [0.29, 0.717) is 5.92 Å². The van der Waals surface area contributed by atoms with Gasteiger partial charge in [-0.05, 0) is 86.3 Å². The number of nitrogens with one attached hydrogen (secondary N) is 1. The SMILES string of the molecule is C1=CCC2C(=C1)c1ccc(Nc3ccc(-c4ccccc4)cc3-c3ccccc3)cc1C21c2ccccc2-c2ccccc21. The number of fused-ring (bicyclic) bond motifs is 10. The molecule has 0 saturated carbocycles. The highest BCUT2D eigenvalue weighted by molar-refractivity contribution is 5.94. The van der Waals surface area contributed by atoms with E-state index in [1.807, 2.05) is 0 Å².